The maximum absolute atomic E-state index is 12.1. The van der Waals surface area contributed by atoms with Gasteiger partial charge in [-0.2, -0.15) is 13.2 Å². The van der Waals surface area contributed by atoms with Gasteiger partial charge in [0.05, 0.1) is 0 Å². The van der Waals surface area contributed by atoms with Gasteiger partial charge >= 0.3 is 6.18 Å². The minimum atomic E-state index is -4.29. The molecule has 1 saturated heterocycles. The maximum Gasteiger partial charge on any atom is 0.403 e. The van der Waals surface area contributed by atoms with Crippen molar-refractivity contribution in [3.8, 4) is 0 Å². The van der Waals surface area contributed by atoms with Crippen LogP contribution in [0, 0.1) is 0 Å². The summed E-state index contributed by atoms with van der Waals surface area (Å²) in [5.74, 6) is 0. The molecule has 10 heavy (non-hydrogen) atoms. The van der Waals surface area contributed by atoms with Gasteiger partial charge < -0.3 is 5.32 Å². The fourth-order valence-electron chi connectivity index (χ4n) is 0.942. The van der Waals surface area contributed by atoms with Crippen LogP contribution in [0.1, 0.15) is 6.42 Å². The van der Waals surface area contributed by atoms with Gasteiger partial charge in [-0.25, -0.2) is 4.39 Å². The van der Waals surface area contributed by atoms with E-state index in [4.69, 9.17) is 0 Å². The molecule has 0 radical (unpaired) electrons. The molecule has 0 aliphatic carbocycles. The predicted molar refractivity (Wildman–Crippen MR) is 27.4 cm³/mol. The third-order valence-corrected chi connectivity index (χ3v) is 1.47. The van der Waals surface area contributed by atoms with Gasteiger partial charge in [-0.1, -0.05) is 0 Å². The first-order valence-corrected chi connectivity index (χ1v) is 2.94. The Kier molecular flexibility index (Phi) is 1.85. The van der Waals surface area contributed by atoms with Crippen molar-refractivity contribution in [2.24, 2.45) is 0 Å². The lowest BCUT2D eigenvalue weighted by atomic mass is 10.2. The number of hydrogen-bond donors (Lipinski definition) is 1. The van der Waals surface area contributed by atoms with Crippen molar-refractivity contribution in [1.82, 2.24) is 5.32 Å². The quantitative estimate of drug-likeness (QED) is 0.522. The fourth-order valence-corrected chi connectivity index (χ4v) is 0.942. The van der Waals surface area contributed by atoms with Crippen molar-refractivity contribution >= 4 is 0 Å². The second-order valence-electron chi connectivity index (χ2n) is 2.34. The Hall–Kier alpha value is -0.320. The summed E-state index contributed by atoms with van der Waals surface area (Å²) in [4.78, 5) is 0. The van der Waals surface area contributed by atoms with Gasteiger partial charge in [-0.05, 0) is 0 Å². The van der Waals surface area contributed by atoms with Crippen molar-refractivity contribution in [3.05, 3.63) is 0 Å². The smallest absolute Gasteiger partial charge is 0.303 e. The lowest BCUT2D eigenvalue weighted by molar-refractivity contribution is -0.152. The standard InChI is InChI=1S/C5H7F4N/c6-3-1-4(10-2-3)5(7,8)9/h3-4,10H,1-2H2/t3-,4+/m1/s1. The van der Waals surface area contributed by atoms with Crippen LogP contribution in [0.2, 0.25) is 0 Å². The molecule has 0 unspecified atom stereocenters. The van der Waals surface area contributed by atoms with Crippen LogP contribution < -0.4 is 5.32 Å². The highest BCUT2D eigenvalue weighted by Crippen LogP contribution is 2.27. The van der Waals surface area contributed by atoms with E-state index in [0.717, 1.165) is 0 Å². The van der Waals surface area contributed by atoms with E-state index in [-0.39, 0.29) is 6.54 Å². The molecule has 1 aliphatic heterocycles. The highest BCUT2D eigenvalue weighted by molar-refractivity contribution is 4.86. The van der Waals surface area contributed by atoms with E-state index in [2.05, 4.69) is 0 Å². The molecule has 1 aliphatic rings. The summed E-state index contributed by atoms with van der Waals surface area (Å²) in [5, 5.41) is 2.05. The molecule has 0 bridgehead atoms. The van der Waals surface area contributed by atoms with Crippen LogP contribution in [-0.4, -0.2) is 24.9 Å². The molecule has 2 atom stereocenters. The molecule has 0 saturated carbocycles. The van der Waals surface area contributed by atoms with E-state index in [9.17, 15) is 17.6 Å². The molecule has 0 aromatic carbocycles. The van der Waals surface area contributed by atoms with Gasteiger partial charge in [0.15, 0.2) is 0 Å². The van der Waals surface area contributed by atoms with E-state index < -0.39 is 24.8 Å². The largest absolute Gasteiger partial charge is 0.403 e. The van der Waals surface area contributed by atoms with E-state index in [1.165, 1.54) is 0 Å². The summed E-state index contributed by atoms with van der Waals surface area (Å²) >= 11 is 0. The van der Waals surface area contributed by atoms with Crippen LogP contribution in [0.3, 0.4) is 0 Å². The van der Waals surface area contributed by atoms with E-state index in [1.54, 1.807) is 0 Å². The number of nitrogens with one attached hydrogen (secondary N) is 1. The highest BCUT2D eigenvalue weighted by atomic mass is 19.4. The lowest BCUT2D eigenvalue weighted by Gasteiger charge is -2.13. The van der Waals surface area contributed by atoms with E-state index in [1.807, 2.05) is 5.32 Å². The van der Waals surface area contributed by atoms with Crippen molar-refractivity contribution in [1.29, 1.82) is 0 Å². The molecule has 1 nitrogen and oxygen atoms in total. The molecule has 1 N–H and O–H groups in total. The Labute approximate surface area is 55.4 Å². The molecular weight excluding hydrogens is 150 g/mol. The van der Waals surface area contributed by atoms with Gasteiger partial charge in [-0.3, -0.25) is 0 Å². The molecule has 0 spiro atoms. The summed E-state index contributed by atoms with van der Waals surface area (Å²) in [6, 6.07) is -1.64. The average molecular weight is 157 g/mol. The zero-order chi connectivity index (χ0) is 7.78. The number of rotatable bonds is 0. The Balaban J connectivity index is 2.45. The summed E-state index contributed by atoms with van der Waals surface area (Å²) in [7, 11) is 0. The van der Waals surface area contributed by atoms with Crippen LogP contribution in [0.15, 0.2) is 0 Å². The summed E-state index contributed by atoms with van der Waals surface area (Å²) in [6.45, 7) is -0.176. The van der Waals surface area contributed by atoms with Gasteiger partial charge in [0.2, 0.25) is 0 Å². The van der Waals surface area contributed by atoms with Gasteiger partial charge in [-0.15, -0.1) is 0 Å². The van der Waals surface area contributed by atoms with Crippen molar-refractivity contribution in [3.63, 3.8) is 0 Å². The summed E-state index contributed by atoms with van der Waals surface area (Å²) in [6.07, 6.45) is -6.07. The van der Waals surface area contributed by atoms with Crippen LogP contribution in [-0.2, 0) is 0 Å². The second kappa shape index (κ2) is 2.38. The zero-order valence-corrected chi connectivity index (χ0v) is 5.08. The number of alkyl halides is 4. The van der Waals surface area contributed by atoms with Crippen LogP contribution in [0.25, 0.3) is 0 Å². The van der Waals surface area contributed by atoms with Crippen molar-refractivity contribution < 1.29 is 17.6 Å². The minimum absolute atomic E-state index is 0.176. The first kappa shape index (κ1) is 7.78. The van der Waals surface area contributed by atoms with Gasteiger partial charge in [0.25, 0.3) is 0 Å². The van der Waals surface area contributed by atoms with Crippen LogP contribution >= 0.6 is 0 Å². The minimum Gasteiger partial charge on any atom is -0.303 e. The van der Waals surface area contributed by atoms with Crippen molar-refractivity contribution in [2.75, 3.05) is 6.54 Å². The van der Waals surface area contributed by atoms with E-state index in [0.29, 0.717) is 0 Å². The number of halogens is 4. The first-order valence-electron chi connectivity index (χ1n) is 2.94. The third kappa shape index (κ3) is 1.59. The monoisotopic (exact) mass is 157 g/mol. The third-order valence-electron chi connectivity index (χ3n) is 1.47. The number of hydrogen-bond acceptors (Lipinski definition) is 1. The van der Waals surface area contributed by atoms with Gasteiger partial charge in [0.1, 0.15) is 12.2 Å². The van der Waals surface area contributed by atoms with Crippen LogP contribution in [0.5, 0.6) is 0 Å². The molecule has 0 aromatic rings. The first-order chi connectivity index (χ1) is 4.50. The predicted octanol–water partition coefficient (Wildman–Crippen LogP) is 1.25. The zero-order valence-electron chi connectivity index (χ0n) is 5.08. The van der Waals surface area contributed by atoms with Crippen LogP contribution in [0.4, 0.5) is 17.6 Å². The molecule has 60 valence electrons. The SMILES string of the molecule is F[C@H]1CN[C@H](C(F)(F)F)C1. The molecule has 1 heterocycles. The topological polar surface area (TPSA) is 12.0 Å². The normalized spacial score (nSPS) is 34.8. The maximum atomic E-state index is 12.1. The Morgan fingerprint density at radius 3 is 2.10 bits per heavy atom. The van der Waals surface area contributed by atoms with Gasteiger partial charge in [0, 0.05) is 13.0 Å². The average Bonchev–Trinajstić information content (AvgIpc) is 2.11. The Morgan fingerprint density at radius 1 is 1.30 bits per heavy atom. The molecule has 5 heteroatoms. The molecule has 1 fully saturated rings. The molecule has 1 rings (SSSR count). The molecule has 0 amide bonds. The fraction of sp³-hybridized carbons (Fsp3) is 1.00. The highest BCUT2D eigenvalue weighted by Gasteiger charge is 2.44. The second-order valence-corrected chi connectivity index (χ2v) is 2.34. The summed E-state index contributed by atoms with van der Waals surface area (Å²) < 4.78 is 47.3. The van der Waals surface area contributed by atoms with E-state index >= 15 is 0 Å². The Morgan fingerprint density at radius 2 is 1.90 bits per heavy atom. The van der Waals surface area contributed by atoms with Crippen molar-refractivity contribution in [2.45, 2.75) is 24.8 Å². The molecular formula is C5H7F4N. The molecule has 0 aromatic heterocycles. The summed E-state index contributed by atoms with van der Waals surface area (Å²) in [5.41, 5.74) is 0. The Bertz CT molecular complexity index is 121. The lowest BCUT2D eigenvalue weighted by Crippen LogP contribution is -2.36.